The summed E-state index contributed by atoms with van der Waals surface area (Å²) < 4.78 is 40.6. The second-order valence-corrected chi connectivity index (χ2v) is 5.56. The fourth-order valence-electron chi connectivity index (χ4n) is 2.42. The Bertz CT molecular complexity index is 831. The number of aryl methyl sites for hydroxylation is 1. The predicted molar refractivity (Wildman–Crippen MR) is 86.6 cm³/mol. The Hall–Kier alpha value is -2.60. The van der Waals surface area contributed by atoms with Crippen LogP contribution in [-0.4, -0.2) is 9.78 Å². The van der Waals surface area contributed by atoms with Gasteiger partial charge >= 0.3 is 6.18 Å². The smallest absolute Gasteiger partial charge is 0.326 e. The van der Waals surface area contributed by atoms with Crippen LogP contribution in [0.3, 0.4) is 0 Å². The van der Waals surface area contributed by atoms with Crippen molar-refractivity contribution < 1.29 is 13.2 Å². The van der Waals surface area contributed by atoms with E-state index in [4.69, 9.17) is 5.73 Å². The molecule has 0 aliphatic heterocycles. The quantitative estimate of drug-likeness (QED) is 0.776. The van der Waals surface area contributed by atoms with Crippen LogP contribution in [0.15, 0.2) is 54.6 Å². The molecule has 1 heterocycles. The summed E-state index contributed by atoms with van der Waals surface area (Å²) in [5, 5.41) is 3.77. The summed E-state index contributed by atoms with van der Waals surface area (Å²) in [6, 6.07) is 15.4. The maximum atomic E-state index is 13.1. The number of nitrogens with zero attached hydrogens (tertiary/aromatic N) is 2. The zero-order valence-electron chi connectivity index (χ0n) is 13.0. The summed E-state index contributed by atoms with van der Waals surface area (Å²) in [6.07, 6.45) is -4.50. The summed E-state index contributed by atoms with van der Waals surface area (Å²) in [5.41, 5.74) is 8.20. The van der Waals surface area contributed by atoms with Gasteiger partial charge in [0.1, 0.15) is 0 Å². The number of benzene rings is 2. The number of hydrogen-bond donors (Lipinski definition) is 1. The van der Waals surface area contributed by atoms with Gasteiger partial charge in [-0.2, -0.15) is 18.3 Å². The van der Waals surface area contributed by atoms with Crippen molar-refractivity contribution in [2.75, 3.05) is 0 Å². The first-order valence-corrected chi connectivity index (χ1v) is 7.42. The number of alkyl halides is 3. The third-order valence-corrected chi connectivity index (χ3v) is 3.76. The minimum atomic E-state index is -4.50. The molecule has 0 amide bonds. The van der Waals surface area contributed by atoms with E-state index in [1.807, 2.05) is 19.1 Å². The van der Waals surface area contributed by atoms with E-state index in [1.165, 1.54) is 4.68 Å². The first-order valence-electron chi connectivity index (χ1n) is 7.42. The molecule has 0 saturated heterocycles. The molecule has 6 heteroatoms. The third-order valence-electron chi connectivity index (χ3n) is 3.76. The van der Waals surface area contributed by atoms with Crippen LogP contribution in [0, 0.1) is 6.92 Å². The van der Waals surface area contributed by atoms with Crippen molar-refractivity contribution in [3.63, 3.8) is 0 Å². The lowest BCUT2D eigenvalue weighted by Crippen LogP contribution is -2.07. The van der Waals surface area contributed by atoms with Crippen molar-refractivity contribution in [3.05, 3.63) is 71.4 Å². The lowest BCUT2D eigenvalue weighted by Gasteiger charge is -2.09. The highest BCUT2D eigenvalue weighted by Gasteiger charge is 2.35. The normalized spacial score (nSPS) is 11.7. The van der Waals surface area contributed by atoms with Crippen molar-refractivity contribution >= 4 is 0 Å². The van der Waals surface area contributed by atoms with E-state index >= 15 is 0 Å². The van der Waals surface area contributed by atoms with Crippen LogP contribution in [-0.2, 0) is 12.7 Å². The molecule has 124 valence electrons. The van der Waals surface area contributed by atoms with Gasteiger partial charge in [0.2, 0.25) is 0 Å². The molecule has 2 aromatic carbocycles. The highest BCUT2D eigenvalue weighted by molar-refractivity contribution is 5.63. The number of aromatic nitrogens is 2. The van der Waals surface area contributed by atoms with E-state index in [1.54, 1.807) is 36.4 Å². The van der Waals surface area contributed by atoms with E-state index in [-0.39, 0.29) is 0 Å². The molecule has 24 heavy (non-hydrogen) atoms. The Morgan fingerprint density at radius 1 is 1.00 bits per heavy atom. The molecule has 0 atom stereocenters. The molecule has 3 nitrogen and oxygen atoms in total. The fourth-order valence-corrected chi connectivity index (χ4v) is 2.42. The third kappa shape index (κ3) is 3.19. The molecule has 3 aromatic rings. The number of hydrogen-bond acceptors (Lipinski definition) is 2. The van der Waals surface area contributed by atoms with Crippen molar-refractivity contribution in [2.45, 2.75) is 19.6 Å². The van der Waals surface area contributed by atoms with Crippen LogP contribution in [0.2, 0.25) is 0 Å². The maximum absolute atomic E-state index is 13.1. The summed E-state index contributed by atoms with van der Waals surface area (Å²) in [4.78, 5) is 0. The lowest BCUT2D eigenvalue weighted by atomic mass is 10.1. The van der Waals surface area contributed by atoms with E-state index in [0.717, 1.165) is 17.2 Å². The van der Waals surface area contributed by atoms with Crippen molar-refractivity contribution in [3.8, 4) is 16.9 Å². The Kier molecular flexibility index (Phi) is 4.15. The van der Waals surface area contributed by atoms with Crippen molar-refractivity contribution in [1.29, 1.82) is 0 Å². The number of nitrogens with two attached hydrogens (primary N) is 1. The second-order valence-electron chi connectivity index (χ2n) is 5.56. The first-order chi connectivity index (χ1) is 11.4. The van der Waals surface area contributed by atoms with Gasteiger partial charge in [0.15, 0.2) is 5.69 Å². The van der Waals surface area contributed by atoms with Crippen LogP contribution in [0.4, 0.5) is 13.2 Å². The summed E-state index contributed by atoms with van der Waals surface area (Å²) >= 11 is 0. The molecule has 0 saturated carbocycles. The van der Waals surface area contributed by atoms with Crippen molar-refractivity contribution in [1.82, 2.24) is 9.78 Å². The Balaban J connectivity index is 2.15. The Labute approximate surface area is 137 Å². The minimum absolute atomic E-state index is 0.373. The van der Waals surface area contributed by atoms with E-state index in [2.05, 4.69) is 5.10 Å². The summed E-state index contributed by atoms with van der Waals surface area (Å²) in [6.45, 7) is 2.30. The topological polar surface area (TPSA) is 43.8 Å². The monoisotopic (exact) mass is 331 g/mol. The van der Waals surface area contributed by atoms with Crippen LogP contribution >= 0.6 is 0 Å². The molecule has 0 bridgehead atoms. The van der Waals surface area contributed by atoms with Gasteiger partial charge < -0.3 is 5.73 Å². The highest BCUT2D eigenvalue weighted by Crippen LogP contribution is 2.33. The summed E-state index contributed by atoms with van der Waals surface area (Å²) in [5.74, 6) is 0. The van der Waals surface area contributed by atoms with Gasteiger partial charge in [-0.1, -0.05) is 42.0 Å². The zero-order chi connectivity index (χ0) is 17.3. The molecule has 0 aliphatic carbocycles. The summed E-state index contributed by atoms with van der Waals surface area (Å²) in [7, 11) is 0. The van der Waals surface area contributed by atoms with E-state index in [9.17, 15) is 13.2 Å². The largest absolute Gasteiger partial charge is 0.435 e. The first kappa shape index (κ1) is 16.3. The molecule has 0 fully saturated rings. The molecule has 0 spiro atoms. The van der Waals surface area contributed by atoms with Crippen LogP contribution in [0.25, 0.3) is 16.9 Å². The molecule has 1 aromatic heterocycles. The molecule has 0 unspecified atom stereocenters. The fraction of sp³-hybridized carbons (Fsp3) is 0.167. The average Bonchev–Trinajstić information content (AvgIpc) is 3.01. The Morgan fingerprint density at radius 2 is 1.62 bits per heavy atom. The predicted octanol–water partition coefficient (Wildman–Crippen LogP) is 4.33. The molecule has 3 rings (SSSR count). The SMILES string of the molecule is Cc1ccc(-c2cc(C(F)(F)F)nn2-c2ccc(CN)cc2)cc1. The van der Waals surface area contributed by atoms with E-state index < -0.39 is 11.9 Å². The highest BCUT2D eigenvalue weighted by atomic mass is 19.4. The Morgan fingerprint density at radius 3 is 2.17 bits per heavy atom. The van der Waals surface area contributed by atoms with Gasteiger partial charge in [0, 0.05) is 12.1 Å². The molecule has 0 aliphatic rings. The van der Waals surface area contributed by atoms with Gasteiger partial charge in [0.25, 0.3) is 0 Å². The number of halogens is 3. The van der Waals surface area contributed by atoms with Crippen LogP contribution < -0.4 is 5.73 Å². The number of rotatable bonds is 3. The molecule has 0 radical (unpaired) electrons. The van der Waals surface area contributed by atoms with Crippen LogP contribution in [0.5, 0.6) is 0 Å². The standard InChI is InChI=1S/C18H16F3N3/c1-12-2-6-14(7-3-12)16-10-17(18(19,20)21)23-24(16)15-8-4-13(11-22)5-9-15/h2-10H,11,22H2,1H3. The van der Waals surface area contributed by atoms with Gasteiger partial charge in [-0.3, -0.25) is 0 Å². The van der Waals surface area contributed by atoms with Crippen molar-refractivity contribution in [2.24, 2.45) is 5.73 Å². The van der Waals surface area contributed by atoms with Gasteiger partial charge in [-0.25, -0.2) is 4.68 Å². The minimum Gasteiger partial charge on any atom is -0.326 e. The maximum Gasteiger partial charge on any atom is 0.435 e. The second kappa shape index (κ2) is 6.13. The van der Waals surface area contributed by atoms with E-state index in [0.29, 0.717) is 23.5 Å². The van der Waals surface area contributed by atoms with Gasteiger partial charge in [-0.15, -0.1) is 0 Å². The molecular weight excluding hydrogens is 315 g/mol. The molecule has 2 N–H and O–H groups in total. The van der Waals surface area contributed by atoms with Gasteiger partial charge in [0.05, 0.1) is 11.4 Å². The lowest BCUT2D eigenvalue weighted by molar-refractivity contribution is -0.141. The molecular formula is C18H16F3N3. The average molecular weight is 331 g/mol. The zero-order valence-corrected chi connectivity index (χ0v) is 13.0. The van der Waals surface area contributed by atoms with Gasteiger partial charge in [-0.05, 0) is 30.7 Å². The van der Waals surface area contributed by atoms with Crippen LogP contribution in [0.1, 0.15) is 16.8 Å².